The molecule has 0 radical (unpaired) electrons. The first-order valence-electron chi connectivity index (χ1n) is 3.09. The Kier molecular flexibility index (Phi) is 2.72. The Morgan fingerprint density at radius 3 is 1.15 bits per heavy atom. The zero-order valence-corrected chi connectivity index (χ0v) is 6.68. The van der Waals surface area contributed by atoms with Gasteiger partial charge in [0, 0.05) is 0 Å². The van der Waals surface area contributed by atoms with E-state index in [0.717, 1.165) is 0 Å². The molecule has 0 amide bonds. The van der Waals surface area contributed by atoms with Gasteiger partial charge in [-0.3, -0.25) is 4.79 Å². The monoisotopic (exact) mass is 208 g/mol. The van der Waals surface area contributed by atoms with Crippen LogP contribution in [-0.2, 0) is 4.79 Å². The van der Waals surface area contributed by atoms with Gasteiger partial charge in [0.15, 0.2) is 5.78 Å². The van der Waals surface area contributed by atoms with Crippen LogP contribution >= 0.6 is 0 Å². The molecule has 13 heavy (non-hydrogen) atoms. The summed E-state index contributed by atoms with van der Waals surface area (Å²) in [6.45, 7) is 0.0936. The summed E-state index contributed by atoms with van der Waals surface area (Å²) >= 11 is 0. The van der Waals surface area contributed by atoms with E-state index in [2.05, 4.69) is 0 Å². The number of ketones is 1. The lowest BCUT2D eigenvalue weighted by molar-refractivity contribution is -0.317. The molecule has 0 saturated carbocycles. The van der Waals surface area contributed by atoms with Crippen molar-refractivity contribution >= 4 is 5.78 Å². The highest BCUT2D eigenvalue weighted by molar-refractivity contribution is 5.83. The lowest BCUT2D eigenvalue weighted by Crippen LogP contribution is -2.52. The summed E-state index contributed by atoms with van der Waals surface area (Å²) in [5.41, 5.74) is -4.26. The predicted molar refractivity (Wildman–Crippen MR) is 30.9 cm³/mol. The largest absolute Gasteiger partial charge is 0.409 e. The van der Waals surface area contributed by atoms with Gasteiger partial charge in [0.2, 0.25) is 5.41 Å². The van der Waals surface area contributed by atoms with Gasteiger partial charge in [0.1, 0.15) is 0 Å². The van der Waals surface area contributed by atoms with Gasteiger partial charge in [-0.1, -0.05) is 0 Å². The van der Waals surface area contributed by atoms with Crippen LogP contribution in [0, 0.1) is 5.41 Å². The van der Waals surface area contributed by atoms with Crippen LogP contribution in [0.25, 0.3) is 0 Å². The van der Waals surface area contributed by atoms with E-state index in [1.165, 1.54) is 0 Å². The average Bonchev–Trinajstić information content (AvgIpc) is 1.80. The van der Waals surface area contributed by atoms with Gasteiger partial charge >= 0.3 is 12.4 Å². The van der Waals surface area contributed by atoms with Gasteiger partial charge in [-0.05, 0) is 13.8 Å². The van der Waals surface area contributed by atoms with Crippen molar-refractivity contribution < 1.29 is 31.1 Å². The van der Waals surface area contributed by atoms with Gasteiger partial charge in [-0.25, -0.2) is 0 Å². The molecule has 0 N–H and O–H groups in total. The number of hydrogen-bond donors (Lipinski definition) is 0. The number of alkyl halides is 6. The Morgan fingerprint density at radius 1 is 0.923 bits per heavy atom. The molecule has 0 aromatic heterocycles. The molecule has 7 heteroatoms. The summed E-state index contributed by atoms with van der Waals surface area (Å²) in [4.78, 5) is 10.3. The maximum atomic E-state index is 11.9. The van der Waals surface area contributed by atoms with Crippen molar-refractivity contribution in [3.8, 4) is 0 Å². The van der Waals surface area contributed by atoms with Crippen LogP contribution in [0.3, 0.4) is 0 Å². The first-order chi connectivity index (χ1) is 5.44. The Hall–Kier alpha value is -0.750. The third-order valence-electron chi connectivity index (χ3n) is 1.84. The van der Waals surface area contributed by atoms with E-state index in [4.69, 9.17) is 0 Å². The van der Waals surface area contributed by atoms with Crippen LogP contribution in [0.4, 0.5) is 26.3 Å². The number of hydrogen-bond acceptors (Lipinski definition) is 1. The minimum Gasteiger partial charge on any atom is -0.299 e. The highest BCUT2D eigenvalue weighted by Gasteiger charge is 2.70. The van der Waals surface area contributed by atoms with Crippen molar-refractivity contribution in [3.63, 3.8) is 0 Å². The third-order valence-corrected chi connectivity index (χ3v) is 1.84. The van der Waals surface area contributed by atoms with Gasteiger partial charge in [0.25, 0.3) is 0 Å². The molecular formula is C6H6F6O. The van der Waals surface area contributed by atoms with Crippen LogP contribution in [0.15, 0.2) is 0 Å². The molecule has 0 unspecified atom stereocenters. The molecule has 0 heterocycles. The van der Waals surface area contributed by atoms with E-state index < -0.39 is 23.6 Å². The fourth-order valence-electron chi connectivity index (χ4n) is 0.560. The molecule has 0 aromatic carbocycles. The van der Waals surface area contributed by atoms with Crippen LogP contribution in [0.5, 0.6) is 0 Å². The van der Waals surface area contributed by atoms with Crippen molar-refractivity contribution in [2.75, 3.05) is 0 Å². The van der Waals surface area contributed by atoms with E-state index >= 15 is 0 Å². The minimum atomic E-state index is -5.61. The number of rotatable bonds is 1. The molecule has 0 aromatic rings. The number of carbonyl (C=O) groups is 1. The van der Waals surface area contributed by atoms with Crippen molar-refractivity contribution in [1.82, 2.24) is 0 Å². The average molecular weight is 208 g/mol. The maximum Gasteiger partial charge on any atom is 0.409 e. The first kappa shape index (κ1) is 12.2. The van der Waals surface area contributed by atoms with E-state index in [0.29, 0.717) is 0 Å². The molecule has 0 saturated heterocycles. The Balaban J connectivity index is 5.35. The molecule has 0 fully saturated rings. The smallest absolute Gasteiger partial charge is 0.299 e. The Labute approximate surface area is 69.7 Å². The normalized spacial score (nSPS) is 14.5. The van der Waals surface area contributed by atoms with E-state index in [1.807, 2.05) is 0 Å². The summed E-state index contributed by atoms with van der Waals surface area (Å²) in [6, 6.07) is 0. The summed E-state index contributed by atoms with van der Waals surface area (Å²) < 4.78 is 71.5. The number of halogens is 6. The molecule has 0 spiro atoms. The second-order valence-corrected chi connectivity index (χ2v) is 2.68. The molecule has 1 nitrogen and oxygen atoms in total. The molecule has 0 aliphatic rings. The van der Waals surface area contributed by atoms with E-state index in [9.17, 15) is 31.1 Å². The molecule has 0 bridgehead atoms. The van der Waals surface area contributed by atoms with Crippen LogP contribution in [0.1, 0.15) is 13.8 Å². The first-order valence-corrected chi connectivity index (χ1v) is 3.09. The fourth-order valence-corrected chi connectivity index (χ4v) is 0.560. The maximum absolute atomic E-state index is 11.9. The quantitative estimate of drug-likeness (QED) is 0.605. The standard InChI is InChI=1S/C6H6F6O/c1-3(13)4(2,5(7,8)9)6(10,11)12/h1-2H3. The zero-order chi connectivity index (χ0) is 11.1. The zero-order valence-electron chi connectivity index (χ0n) is 6.68. The second-order valence-electron chi connectivity index (χ2n) is 2.68. The summed E-state index contributed by atoms with van der Waals surface area (Å²) in [5, 5.41) is 0. The molecule has 0 atom stereocenters. The second kappa shape index (κ2) is 2.88. The summed E-state index contributed by atoms with van der Waals surface area (Å²) in [7, 11) is 0. The fraction of sp³-hybridized carbons (Fsp3) is 0.833. The van der Waals surface area contributed by atoms with Crippen molar-refractivity contribution in [2.45, 2.75) is 26.2 Å². The van der Waals surface area contributed by atoms with Crippen LogP contribution < -0.4 is 0 Å². The van der Waals surface area contributed by atoms with Crippen molar-refractivity contribution in [3.05, 3.63) is 0 Å². The number of carbonyl (C=O) groups excluding carboxylic acids is 1. The highest BCUT2D eigenvalue weighted by Crippen LogP contribution is 2.50. The lowest BCUT2D eigenvalue weighted by Gasteiger charge is -2.31. The van der Waals surface area contributed by atoms with Crippen molar-refractivity contribution in [2.24, 2.45) is 5.41 Å². The van der Waals surface area contributed by atoms with Crippen molar-refractivity contribution in [1.29, 1.82) is 0 Å². The van der Waals surface area contributed by atoms with Crippen LogP contribution in [-0.4, -0.2) is 18.1 Å². The molecular weight excluding hydrogens is 202 g/mol. The molecule has 78 valence electrons. The molecule has 0 aliphatic heterocycles. The van der Waals surface area contributed by atoms with Crippen LogP contribution in [0.2, 0.25) is 0 Å². The number of Topliss-reactive ketones (excluding diaryl/α,β-unsaturated/α-hetero) is 1. The topological polar surface area (TPSA) is 17.1 Å². The van der Waals surface area contributed by atoms with E-state index in [1.54, 1.807) is 0 Å². The Bertz CT molecular complexity index is 198. The van der Waals surface area contributed by atoms with Gasteiger partial charge < -0.3 is 0 Å². The lowest BCUT2D eigenvalue weighted by atomic mass is 9.85. The van der Waals surface area contributed by atoms with Gasteiger partial charge in [0.05, 0.1) is 0 Å². The molecule has 0 rings (SSSR count). The van der Waals surface area contributed by atoms with Gasteiger partial charge in [-0.15, -0.1) is 0 Å². The highest BCUT2D eigenvalue weighted by atomic mass is 19.4. The Morgan fingerprint density at radius 2 is 1.15 bits per heavy atom. The third kappa shape index (κ3) is 1.78. The van der Waals surface area contributed by atoms with E-state index in [-0.39, 0.29) is 13.8 Å². The summed E-state index contributed by atoms with van der Waals surface area (Å²) in [5.74, 6) is -1.97. The molecule has 0 aliphatic carbocycles. The SMILES string of the molecule is CC(=O)C(C)(C(F)(F)F)C(F)(F)F. The van der Waals surface area contributed by atoms with Gasteiger partial charge in [-0.2, -0.15) is 26.3 Å². The predicted octanol–water partition coefficient (Wildman–Crippen LogP) is 2.71. The minimum absolute atomic E-state index is 0.171. The summed E-state index contributed by atoms with van der Waals surface area (Å²) in [6.07, 6.45) is -11.2.